The summed E-state index contributed by atoms with van der Waals surface area (Å²) in [5, 5.41) is 4.11. The lowest BCUT2D eigenvalue weighted by atomic mass is 10.0. The van der Waals surface area contributed by atoms with E-state index in [4.69, 9.17) is 0 Å². The third-order valence-electron chi connectivity index (χ3n) is 4.81. The summed E-state index contributed by atoms with van der Waals surface area (Å²) in [6.45, 7) is 5.55. The third kappa shape index (κ3) is 4.74. The van der Waals surface area contributed by atoms with Crippen LogP contribution in [0.3, 0.4) is 0 Å². The van der Waals surface area contributed by atoms with Crippen LogP contribution in [0, 0.1) is 5.92 Å². The van der Waals surface area contributed by atoms with E-state index in [1.807, 2.05) is 4.90 Å². The van der Waals surface area contributed by atoms with Gasteiger partial charge in [0.1, 0.15) is 12.1 Å². The fourth-order valence-corrected chi connectivity index (χ4v) is 3.97. The van der Waals surface area contributed by atoms with E-state index in [0.29, 0.717) is 29.1 Å². The van der Waals surface area contributed by atoms with Gasteiger partial charge in [-0.25, -0.2) is 18.4 Å². The number of anilines is 1. The lowest BCUT2D eigenvalue weighted by Gasteiger charge is -2.33. The van der Waals surface area contributed by atoms with Gasteiger partial charge in [0.25, 0.3) is 0 Å². The lowest BCUT2D eigenvalue weighted by Crippen LogP contribution is -2.42. The second-order valence-corrected chi connectivity index (χ2v) is 9.59. The SMILES string of the molecule is CC(C)CC(=O)N1CCC(Nc2ncnc3ccc(S(C)(=O)=O)cc23)CC1. The number of amides is 1. The summed E-state index contributed by atoms with van der Waals surface area (Å²) in [4.78, 5) is 22.9. The Hall–Kier alpha value is -2.22. The van der Waals surface area contributed by atoms with Gasteiger partial charge in [-0.3, -0.25) is 4.79 Å². The monoisotopic (exact) mass is 390 g/mol. The number of benzene rings is 1. The quantitative estimate of drug-likeness (QED) is 0.843. The van der Waals surface area contributed by atoms with Gasteiger partial charge in [-0.2, -0.15) is 0 Å². The highest BCUT2D eigenvalue weighted by Crippen LogP contribution is 2.25. The van der Waals surface area contributed by atoms with Crippen LogP contribution in [0.4, 0.5) is 5.82 Å². The molecule has 7 nitrogen and oxygen atoms in total. The van der Waals surface area contributed by atoms with E-state index in [0.717, 1.165) is 25.9 Å². The predicted octanol–water partition coefficient (Wildman–Crippen LogP) is 2.48. The van der Waals surface area contributed by atoms with E-state index in [9.17, 15) is 13.2 Å². The highest BCUT2D eigenvalue weighted by Gasteiger charge is 2.24. The highest BCUT2D eigenvalue weighted by atomic mass is 32.2. The van der Waals surface area contributed by atoms with Crippen LogP contribution in [0.5, 0.6) is 0 Å². The first-order valence-electron chi connectivity index (χ1n) is 9.23. The van der Waals surface area contributed by atoms with Crippen LogP contribution < -0.4 is 5.32 Å². The van der Waals surface area contributed by atoms with Crippen LogP contribution in [-0.2, 0) is 14.6 Å². The molecule has 0 radical (unpaired) electrons. The van der Waals surface area contributed by atoms with Crippen molar-refractivity contribution in [1.82, 2.24) is 14.9 Å². The molecule has 1 saturated heterocycles. The molecule has 0 bridgehead atoms. The minimum Gasteiger partial charge on any atom is -0.367 e. The smallest absolute Gasteiger partial charge is 0.222 e. The summed E-state index contributed by atoms with van der Waals surface area (Å²) in [6.07, 6.45) is 4.92. The summed E-state index contributed by atoms with van der Waals surface area (Å²) in [6, 6.07) is 5.07. The molecule has 0 spiro atoms. The molecule has 1 aromatic heterocycles. The predicted molar refractivity (Wildman–Crippen MR) is 105 cm³/mol. The molecular weight excluding hydrogens is 364 g/mol. The Morgan fingerprint density at radius 3 is 2.59 bits per heavy atom. The number of rotatable bonds is 5. The van der Waals surface area contributed by atoms with Gasteiger partial charge in [-0.05, 0) is 37.0 Å². The maximum atomic E-state index is 12.2. The topological polar surface area (TPSA) is 92.3 Å². The average Bonchev–Trinajstić information content (AvgIpc) is 2.61. The number of nitrogens with zero attached hydrogens (tertiary/aromatic N) is 3. The molecular formula is C19H26N4O3S. The van der Waals surface area contributed by atoms with Gasteiger partial charge in [-0.1, -0.05) is 13.8 Å². The zero-order chi connectivity index (χ0) is 19.6. The first-order chi connectivity index (χ1) is 12.7. The summed E-state index contributed by atoms with van der Waals surface area (Å²) < 4.78 is 23.7. The van der Waals surface area contributed by atoms with Crippen LogP contribution in [0.1, 0.15) is 33.1 Å². The fraction of sp³-hybridized carbons (Fsp3) is 0.526. The Bertz CT molecular complexity index is 935. The first-order valence-corrected chi connectivity index (χ1v) is 11.1. The van der Waals surface area contributed by atoms with E-state index in [2.05, 4.69) is 29.1 Å². The molecule has 0 aliphatic carbocycles. The van der Waals surface area contributed by atoms with Crippen molar-refractivity contribution in [2.24, 2.45) is 5.92 Å². The number of aromatic nitrogens is 2. The van der Waals surface area contributed by atoms with Crippen molar-refractivity contribution in [3.8, 4) is 0 Å². The number of carbonyl (C=O) groups excluding carboxylic acids is 1. The van der Waals surface area contributed by atoms with Crippen molar-refractivity contribution in [1.29, 1.82) is 0 Å². The number of hydrogen-bond donors (Lipinski definition) is 1. The average molecular weight is 391 g/mol. The largest absolute Gasteiger partial charge is 0.367 e. The number of piperidine rings is 1. The Morgan fingerprint density at radius 2 is 1.96 bits per heavy atom. The zero-order valence-corrected chi connectivity index (χ0v) is 16.8. The molecule has 0 unspecified atom stereocenters. The molecule has 1 N–H and O–H groups in total. The number of hydrogen-bond acceptors (Lipinski definition) is 6. The normalized spacial score (nSPS) is 16.1. The van der Waals surface area contributed by atoms with E-state index >= 15 is 0 Å². The summed E-state index contributed by atoms with van der Waals surface area (Å²) in [5.74, 6) is 1.22. The molecule has 8 heteroatoms. The van der Waals surface area contributed by atoms with Crippen LogP contribution in [-0.4, -0.2) is 54.6 Å². The molecule has 1 aliphatic heterocycles. The fourth-order valence-electron chi connectivity index (χ4n) is 3.33. The second-order valence-electron chi connectivity index (χ2n) is 7.57. The maximum Gasteiger partial charge on any atom is 0.222 e. The third-order valence-corrected chi connectivity index (χ3v) is 5.92. The molecule has 2 aromatic rings. The highest BCUT2D eigenvalue weighted by molar-refractivity contribution is 7.90. The molecule has 1 aliphatic rings. The van der Waals surface area contributed by atoms with Gasteiger partial charge < -0.3 is 10.2 Å². The van der Waals surface area contributed by atoms with Gasteiger partial charge >= 0.3 is 0 Å². The van der Waals surface area contributed by atoms with E-state index in [1.165, 1.54) is 12.6 Å². The van der Waals surface area contributed by atoms with Crippen LogP contribution >= 0.6 is 0 Å². The molecule has 0 saturated carbocycles. The number of fused-ring (bicyclic) bond motifs is 1. The van der Waals surface area contributed by atoms with Gasteiger partial charge in [0.05, 0.1) is 10.4 Å². The molecule has 1 aromatic carbocycles. The Labute approximate surface area is 160 Å². The van der Waals surface area contributed by atoms with Crippen molar-refractivity contribution in [3.05, 3.63) is 24.5 Å². The van der Waals surface area contributed by atoms with Crippen molar-refractivity contribution in [3.63, 3.8) is 0 Å². The van der Waals surface area contributed by atoms with Crippen molar-refractivity contribution in [2.45, 2.75) is 44.0 Å². The minimum absolute atomic E-state index is 0.188. The number of likely N-dealkylation sites (tertiary alicyclic amines) is 1. The first kappa shape index (κ1) is 19.5. The Kier molecular flexibility index (Phi) is 5.64. The van der Waals surface area contributed by atoms with E-state index < -0.39 is 9.84 Å². The second kappa shape index (κ2) is 7.80. The van der Waals surface area contributed by atoms with E-state index in [-0.39, 0.29) is 16.8 Å². The molecule has 1 fully saturated rings. The molecule has 0 atom stereocenters. The number of nitrogens with one attached hydrogen (secondary N) is 1. The zero-order valence-electron chi connectivity index (χ0n) is 16.0. The summed E-state index contributed by atoms with van der Waals surface area (Å²) >= 11 is 0. The number of carbonyl (C=O) groups is 1. The lowest BCUT2D eigenvalue weighted by molar-refractivity contribution is -0.132. The molecule has 3 rings (SSSR count). The maximum absolute atomic E-state index is 12.2. The van der Waals surface area contributed by atoms with Crippen LogP contribution in [0.2, 0.25) is 0 Å². The minimum atomic E-state index is -3.30. The van der Waals surface area contributed by atoms with Gasteiger partial charge in [0.15, 0.2) is 9.84 Å². The standard InChI is InChI=1S/C19H26N4O3S/c1-13(2)10-18(24)23-8-6-14(7-9-23)22-19-16-11-15(27(3,25)26)4-5-17(16)20-12-21-19/h4-5,11-14H,6-10H2,1-3H3,(H,20,21,22). The van der Waals surface area contributed by atoms with E-state index in [1.54, 1.807) is 18.2 Å². The molecule has 1 amide bonds. The van der Waals surface area contributed by atoms with Gasteiger partial charge in [0, 0.05) is 37.2 Å². The Morgan fingerprint density at radius 1 is 1.26 bits per heavy atom. The van der Waals surface area contributed by atoms with Gasteiger partial charge in [0.2, 0.25) is 5.91 Å². The number of sulfone groups is 1. The Balaban J connectivity index is 1.73. The van der Waals surface area contributed by atoms with Gasteiger partial charge in [-0.15, -0.1) is 0 Å². The van der Waals surface area contributed by atoms with Crippen LogP contribution in [0.25, 0.3) is 10.9 Å². The van der Waals surface area contributed by atoms with Crippen LogP contribution in [0.15, 0.2) is 29.4 Å². The molecule has 146 valence electrons. The molecule has 2 heterocycles. The summed E-state index contributed by atoms with van der Waals surface area (Å²) in [5.41, 5.74) is 0.699. The van der Waals surface area contributed by atoms with Crippen molar-refractivity contribution >= 4 is 32.5 Å². The molecule has 27 heavy (non-hydrogen) atoms. The van der Waals surface area contributed by atoms with Crippen molar-refractivity contribution in [2.75, 3.05) is 24.7 Å². The summed E-state index contributed by atoms with van der Waals surface area (Å²) in [7, 11) is -3.30. The van der Waals surface area contributed by atoms with Crippen molar-refractivity contribution < 1.29 is 13.2 Å².